The fraction of sp³-hybridized carbons (Fsp3) is 0.704. The number of fused-ring (bicyclic) bond motifs is 4. The van der Waals surface area contributed by atoms with Crippen LogP contribution in [-0.4, -0.2) is 59.7 Å². The van der Waals surface area contributed by atoms with Gasteiger partial charge in [-0.05, 0) is 58.9 Å². The molecule has 6 atom stereocenters. The minimum atomic E-state index is -0.668. The van der Waals surface area contributed by atoms with Crippen LogP contribution in [0.5, 0.6) is 11.5 Å². The van der Waals surface area contributed by atoms with Gasteiger partial charge < -0.3 is 30.2 Å². The fourth-order valence-electron chi connectivity index (χ4n) is 5.79. The molecule has 0 aromatic heterocycles. The number of piperidine rings is 1. The second kappa shape index (κ2) is 9.97. The van der Waals surface area contributed by atoms with E-state index in [1.165, 1.54) is 0 Å². The van der Waals surface area contributed by atoms with Crippen LogP contribution in [0.25, 0.3) is 0 Å². The number of para-hydroxylation sites is 1. The third-order valence-corrected chi connectivity index (χ3v) is 7.70. The molecule has 0 spiro atoms. The van der Waals surface area contributed by atoms with Gasteiger partial charge >= 0.3 is 0 Å². The number of nitrogens with one attached hydrogen (secondary N) is 1. The predicted octanol–water partition coefficient (Wildman–Crippen LogP) is 3.18. The molecule has 0 bridgehead atoms. The molecular weight excluding hydrogens is 446 g/mol. The Morgan fingerprint density at radius 3 is 2.69 bits per heavy atom. The van der Waals surface area contributed by atoms with Gasteiger partial charge in [0.15, 0.2) is 11.5 Å². The molecule has 1 aromatic rings. The number of amides is 2. The largest absolute Gasteiger partial charge is 0.490 e. The monoisotopic (exact) mass is 487 g/mol. The summed E-state index contributed by atoms with van der Waals surface area (Å²) >= 11 is 0. The summed E-state index contributed by atoms with van der Waals surface area (Å²) in [5.41, 5.74) is 6.28. The predicted molar refractivity (Wildman–Crippen MR) is 133 cm³/mol. The SMILES string of the molecule is CCOc1cccc2c1OC(C)(C)[C@H]1C[C@H]3[C@H](CCCN3C(=O)[C@@H](NC(=O)[C@H](C)N)C(C)C)O[C@H]21. The first-order valence-electron chi connectivity index (χ1n) is 13.0. The number of rotatable bonds is 6. The summed E-state index contributed by atoms with van der Waals surface area (Å²) in [5, 5.41) is 2.88. The van der Waals surface area contributed by atoms with Crippen LogP contribution in [0.4, 0.5) is 0 Å². The van der Waals surface area contributed by atoms with Crippen LogP contribution in [0.15, 0.2) is 18.2 Å². The number of likely N-dealkylation sites (tertiary alicyclic amines) is 1. The zero-order valence-corrected chi connectivity index (χ0v) is 21.9. The van der Waals surface area contributed by atoms with Crippen molar-refractivity contribution in [3.63, 3.8) is 0 Å². The lowest BCUT2D eigenvalue weighted by molar-refractivity contribution is -0.194. The van der Waals surface area contributed by atoms with E-state index in [9.17, 15) is 9.59 Å². The topological polar surface area (TPSA) is 103 Å². The first kappa shape index (κ1) is 25.8. The highest BCUT2D eigenvalue weighted by Gasteiger charge is 2.53. The van der Waals surface area contributed by atoms with Gasteiger partial charge in [0.25, 0.3) is 0 Å². The molecule has 0 saturated carbocycles. The number of nitrogens with two attached hydrogens (primary N) is 1. The van der Waals surface area contributed by atoms with Gasteiger partial charge in [0.1, 0.15) is 11.6 Å². The van der Waals surface area contributed by atoms with Crippen LogP contribution in [0, 0.1) is 11.8 Å². The maximum Gasteiger partial charge on any atom is 0.245 e. The molecule has 0 radical (unpaired) electrons. The van der Waals surface area contributed by atoms with Gasteiger partial charge in [0.05, 0.1) is 30.9 Å². The van der Waals surface area contributed by atoms with Crippen molar-refractivity contribution < 1.29 is 23.8 Å². The van der Waals surface area contributed by atoms with Crippen LogP contribution in [-0.2, 0) is 14.3 Å². The molecule has 8 nitrogen and oxygen atoms in total. The Labute approximate surface area is 208 Å². The molecule has 4 rings (SSSR count). The van der Waals surface area contributed by atoms with Gasteiger partial charge in [-0.15, -0.1) is 0 Å². The molecule has 2 amide bonds. The lowest BCUT2D eigenvalue weighted by atomic mass is 9.72. The van der Waals surface area contributed by atoms with Gasteiger partial charge in [-0.1, -0.05) is 26.0 Å². The Kier molecular flexibility index (Phi) is 7.34. The number of carbonyl (C=O) groups excluding carboxylic acids is 2. The van der Waals surface area contributed by atoms with Crippen LogP contribution in [0.2, 0.25) is 0 Å². The van der Waals surface area contributed by atoms with Crippen molar-refractivity contribution in [1.82, 2.24) is 10.2 Å². The van der Waals surface area contributed by atoms with Gasteiger partial charge in [-0.3, -0.25) is 9.59 Å². The average Bonchev–Trinajstić information content (AvgIpc) is 2.81. The third kappa shape index (κ3) is 4.87. The summed E-state index contributed by atoms with van der Waals surface area (Å²) in [6.45, 7) is 12.9. The van der Waals surface area contributed by atoms with E-state index in [4.69, 9.17) is 19.9 Å². The average molecular weight is 488 g/mol. The van der Waals surface area contributed by atoms with Crippen molar-refractivity contribution in [2.75, 3.05) is 13.2 Å². The highest BCUT2D eigenvalue weighted by Crippen LogP contribution is 2.54. The number of nitrogens with zero attached hydrogens (tertiary/aromatic N) is 1. The lowest BCUT2D eigenvalue weighted by Crippen LogP contribution is -2.63. The molecular formula is C27H41N3O5. The van der Waals surface area contributed by atoms with Crippen LogP contribution >= 0.6 is 0 Å². The number of hydrogen-bond donors (Lipinski definition) is 2. The molecule has 1 aromatic carbocycles. The van der Waals surface area contributed by atoms with E-state index in [1.807, 2.05) is 37.8 Å². The van der Waals surface area contributed by atoms with Crippen molar-refractivity contribution >= 4 is 11.8 Å². The molecule has 194 valence electrons. The van der Waals surface area contributed by atoms with E-state index in [2.05, 4.69) is 25.2 Å². The number of benzene rings is 1. The van der Waals surface area contributed by atoms with Gasteiger partial charge in [0, 0.05) is 18.0 Å². The first-order chi connectivity index (χ1) is 16.5. The van der Waals surface area contributed by atoms with E-state index in [1.54, 1.807) is 6.92 Å². The van der Waals surface area contributed by atoms with Crippen molar-refractivity contribution in [3.05, 3.63) is 23.8 Å². The molecule has 0 aliphatic carbocycles. The lowest BCUT2D eigenvalue weighted by Gasteiger charge is -2.55. The highest BCUT2D eigenvalue weighted by atomic mass is 16.5. The highest BCUT2D eigenvalue weighted by molar-refractivity contribution is 5.90. The van der Waals surface area contributed by atoms with E-state index >= 15 is 0 Å². The molecule has 3 aliphatic heterocycles. The summed E-state index contributed by atoms with van der Waals surface area (Å²) in [6, 6.07) is 4.64. The fourth-order valence-corrected chi connectivity index (χ4v) is 5.79. The Morgan fingerprint density at radius 1 is 1.29 bits per heavy atom. The number of ether oxygens (including phenoxy) is 3. The summed E-state index contributed by atoms with van der Waals surface area (Å²) in [6.07, 6.45) is 2.35. The molecule has 8 heteroatoms. The van der Waals surface area contributed by atoms with Crippen LogP contribution in [0.3, 0.4) is 0 Å². The van der Waals surface area contributed by atoms with Crippen molar-refractivity contribution in [1.29, 1.82) is 0 Å². The molecule has 3 heterocycles. The molecule has 3 aliphatic rings. The third-order valence-electron chi connectivity index (χ3n) is 7.70. The standard InChI is InChI=1S/C27H41N3O5/c1-7-33-21-11-8-10-17-23-18(27(5,6)35-24(17)21)14-19-20(34-23)12-9-13-30(19)26(32)22(15(2)3)29-25(31)16(4)28/h8,10-11,15-16,18-20,22-23H,7,9,12-14,28H2,1-6H3,(H,29,31)/t16-,18-,19-,20-,22-,23+/m0/s1. The minimum absolute atomic E-state index is 0.0545. The number of hydrogen-bond acceptors (Lipinski definition) is 6. The molecule has 2 fully saturated rings. The van der Waals surface area contributed by atoms with Gasteiger partial charge in [0.2, 0.25) is 11.8 Å². The summed E-state index contributed by atoms with van der Waals surface area (Å²) < 4.78 is 19.2. The van der Waals surface area contributed by atoms with Crippen LogP contribution < -0.4 is 20.5 Å². The molecule has 3 N–H and O–H groups in total. The quantitative estimate of drug-likeness (QED) is 0.639. The van der Waals surface area contributed by atoms with Crippen molar-refractivity contribution in [2.45, 2.75) is 96.7 Å². The van der Waals surface area contributed by atoms with Gasteiger partial charge in [-0.25, -0.2) is 0 Å². The molecule has 35 heavy (non-hydrogen) atoms. The normalized spacial score (nSPS) is 28.6. The minimum Gasteiger partial charge on any atom is -0.490 e. The maximum atomic E-state index is 13.8. The van der Waals surface area contributed by atoms with Crippen molar-refractivity contribution in [2.24, 2.45) is 17.6 Å². The summed E-state index contributed by atoms with van der Waals surface area (Å²) in [7, 11) is 0. The van der Waals surface area contributed by atoms with E-state index in [0.29, 0.717) is 13.2 Å². The van der Waals surface area contributed by atoms with Crippen LogP contribution in [0.1, 0.15) is 72.5 Å². The number of carbonyl (C=O) groups is 2. The van der Waals surface area contributed by atoms with E-state index in [0.717, 1.165) is 36.3 Å². The Morgan fingerprint density at radius 2 is 2.03 bits per heavy atom. The summed E-state index contributed by atoms with van der Waals surface area (Å²) in [4.78, 5) is 28.0. The molecule has 2 saturated heterocycles. The van der Waals surface area contributed by atoms with E-state index in [-0.39, 0.29) is 41.9 Å². The zero-order valence-electron chi connectivity index (χ0n) is 21.9. The Bertz CT molecular complexity index is 947. The maximum absolute atomic E-state index is 13.8. The first-order valence-corrected chi connectivity index (χ1v) is 13.0. The Balaban J connectivity index is 1.61. The second-order valence-corrected chi connectivity index (χ2v) is 11.0. The van der Waals surface area contributed by atoms with Gasteiger partial charge in [-0.2, -0.15) is 0 Å². The summed E-state index contributed by atoms with van der Waals surface area (Å²) in [5.74, 6) is 1.15. The van der Waals surface area contributed by atoms with Crippen molar-refractivity contribution in [3.8, 4) is 11.5 Å². The molecule has 0 unspecified atom stereocenters. The Hall–Kier alpha value is -2.32. The smallest absolute Gasteiger partial charge is 0.245 e. The second-order valence-electron chi connectivity index (χ2n) is 11.0. The van der Waals surface area contributed by atoms with E-state index < -0.39 is 17.7 Å². The zero-order chi connectivity index (χ0) is 25.5.